The van der Waals surface area contributed by atoms with E-state index in [9.17, 15) is 14.3 Å². The van der Waals surface area contributed by atoms with Crippen LogP contribution in [0.3, 0.4) is 0 Å². The number of carbonyl (C=O) groups is 1. The lowest BCUT2D eigenvalue weighted by Crippen LogP contribution is -2.42. The molecule has 1 saturated carbocycles. The standard InChI is InChI=1S/C12H12BrFO2/c1-7-9(13)5-8(6-10(7)14)12(11(15)16)3-2-4-12/h5-6H,2-4H2,1H3,(H,15,16). The maximum Gasteiger partial charge on any atom is 0.314 e. The zero-order chi connectivity index (χ0) is 11.9. The summed E-state index contributed by atoms with van der Waals surface area (Å²) >= 11 is 3.26. The molecule has 4 heteroatoms. The Labute approximate surface area is 102 Å². The third-order valence-corrected chi connectivity index (χ3v) is 4.27. The number of rotatable bonds is 2. The molecule has 16 heavy (non-hydrogen) atoms. The number of carboxylic acids is 1. The topological polar surface area (TPSA) is 37.3 Å². The lowest BCUT2D eigenvalue weighted by Gasteiger charge is -2.38. The van der Waals surface area contributed by atoms with Crippen molar-refractivity contribution in [3.8, 4) is 0 Å². The van der Waals surface area contributed by atoms with Crippen LogP contribution in [0.15, 0.2) is 16.6 Å². The van der Waals surface area contributed by atoms with Gasteiger partial charge in [0.25, 0.3) is 0 Å². The molecule has 0 radical (unpaired) electrons. The van der Waals surface area contributed by atoms with Crippen LogP contribution >= 0.6 is 15.9 Å². The van der Waals surface area contributed by atoms with E-state index in [0.717, 1.165) is 6.42 Å². The van der Waals surface area contributed by atoms with Crippen molar-refractivity contribution in [3.63, 3.8) is 0 Å². The summed E-state index contributed by atoms with van der Waals surface area (Å²) in [5.41, 5.74) is 0.224. The Morgan fingerprint density at radius 1 is 1.50 bits per heavy atom. The average molecular weight is 287 g/mol. The van der Waals surface area contributed by atoms with Gasteiger partial charge in [-0.15, -0.1) is 0 Å². The third kappa shape index (κ3) is 1.56. The van der Waals surface area contributed by atoms with Crippen LogP contribution in [-0.4, -0.2) is 11.1 Å². The van der Waals surface area contributed by atoms with Crippen LogP contribution in [0, 0.1) is 12.7 Å². The fourth-order valence-electron chi connectivity index (χ4n) is 2.08. The minimum absolute atomic E-state index is 0.350. The van der Waals surface area contributed by atoms with Crippen LogP contribution in [0.25, 0.3) is 0 Å². The van der Waals surface area contributed by atoms with Crippen molar-refractivity contribution in [1.29, 1.82) is 0 Å². The van der Waals surface area contributed by atoms with Gasteiger partial charge in [0, 0.05) is 4.47 Å². The van der Waals surface area contributed by atoms with Crippen LogP contribution < -0.4 is 0 Å². The van der Waals surface area contributed by atoms with Crippen molar-refractivity contribution in [1.82, 2.24) is 0 Å². The summed E-state index contributed by atoms with van der Waals surface area (Å²) < 4.78 is 14.2. The van der Waals surface area contributed by atoms with Gasteiger partial charge in [-0.25, -0.2) is 4.39 Å². The van der Waals surface area contributed by atoms with E-state index in [4.69, 9.17) is 0 Å². The van der Waals surface area contributed by atoms with Gasteiger partial charge < -0.3 is 5.11 Å². The molecule has 1 fully saturated rings. The van der Waals surface area contributed by atoms with Crippen molar-refractivity contribution in [2.45, 2.75) is 31.6 Å². The summed E-state index contributed by atoms with van der Waals surface area (Å²) in [5, 5.41) is 9.25. The second kappa shape index (κ2) is 3.84. The molecule has 0 saturated heterocycles. The van der Waals surface area contributed by atoms with Crippen LogP contribution in [0.1, 0.15) is 30.4 Å². The number of hydrogen-bond donors (Lipinski definition) is 1. The first-order chi connectivity index (χ1) is 7.47. The molecule has 0 amide bonds. The predicted molar refractivity (Wildman–Crippen MR) is 62.0 cm³/mol. The van der Waals surface area contributed by atoms with E-state index in [2.05, 4.69) is 15.9 Å². The highest BCUT2D eigenvalue weighted by Crippen LogP contribution is 2.45. The number of carboxylic acid groups (broad SMARTS) is 1. The van der Waals surface area contributed by atoms with E-state index < -0.39 is 11.4 Å². The molecule has 86 valence electrons. The molecule has 0 aliphatic heterocycles. The Balaban J connectivity index is 2.52. The number of aliphatic carboxylic acids is 1. The minimum atomic E-state index is -0.864. The van der Waals surface area contributed by atoms with Crippen LogP contribution in [0.4, 0.5) is 4.39 Å². The van der Waals surface area contributed by atoms with Gasteiger partial charge in [0.2, 0.25) is 0 Å². The predicted octanol–water partition coefficient (Wildman–Crippen LogP) is 3.40. The minimum Gasteiger partial charge on any atom is -0.481 e. The quantitative estimate of drug-likeness (QED) is 0.905. The van der Waals surface area contributed by atoms with Gasteiger partial charge in [-0.2, -0.15) is 0 Å². The van der Waals surface area contributed by atoms with Gasteiger partial charge in [0.05, 0.1) is 5.41 Å². The Bertz CT molecular complexity index is 429. The molecule has 2 rings (SSSR count). The summed E-state index contributed by atoms with van der Waals surface area (Å²) in [6.45, 7) is 1.66. The van der Waals surface area contributed by atoms with Gasteiger partial charge >= 0.3 is 5.97 Å². The van der Waals surface area contributed by atoms with E-state index in [-0.39, 0.29) is 5.82 Å². The molecule has 0 atom stereocenters. The maximum atomic E-state index is 13.6. The smallest absolute Gasteiger partial charge is 0.314 e. The van der Waals surface area contributed by atoms with Gasteiger partial charge in [-0.05, 0) is 43.0 Å². The summed E-state index contributed by atoms with van der Waals surface area (Å²) in [5.74, 6) is -1.20. The van der Waals surface area contributed by atoms with Crippen molar-refractivity contribution >= 4 is 21.9 Å². The summed E-state index contributed by atoms with van der Waals surface area (Å²) in [4.78, 5) is 11.3. The fourth-order valence-corrected chi connectivity index (χ4v) is 2.51. The highest BCUT2D eigenvalue weighted by Gasteiger charge is 2.46. The lowest BCUT2D eigenvalue weighted by molar-refractivity contribution is -0.147. The third-order valence-electron chi connectivity index (χ3n) is 3.45. The molecular weight excluding hydrogens is 275 g/mol. The first-order valence-electron chi connectivity index (χ1n) is 5.17. The molecule has 1 aliphatic rings. The molecule has 0 bridgehead atoms. The molecule has 1 aromatic carbocycles. The summed E-state index contributed by atoms with van der Waals surface area (Å²) in [6.07, 6.45) is 2.08. The molecule has 1 N–H and O–H groups in total. The second-order valence-corrected chi connectivity index (χ2v) is 5.16. The lowest BCUT2D eigenvalue weighted by atomic mass is 9.64. The van der Waals surface area contributed by atoms with E-state index in [0.29, 0.717) is 28.4 Å². The molecule has 0 unspecified atom stereocenters. The Morgan fingerprint density at radius 3 is 2.50 bits per heavy atom. The Kier molecular flexibility index (Phi) is 2.78. The van der Waals surface area contributed by atoms with E-state index in [1.807, 2.05) is 0 Å². The number of benzene rings is 1. The molecule has 1 aromatic rings. The monoisotopic (exact) mass is 286 g/mol. The highest BCUT2D eigenvalue weighted by atomic mass is 79.9. The van der Waals surface area contributed by atoms with Gasteiger partial charge in [0.1, 0.15) is 5.82 Å². The largest absolute Gasteiger partial charge is 0.481 e. The average Bonchev–Trinajstić information content (AvgIpc) is 2.11. The fraction of sp³-hybridized carbons (Fsp3) is 0.417. The SMILES string of the molecule is Cc1c(F)cc(C2(C(=O)O)CCC2)cc1Br. The van der Waals surface area contributed by atoms with Gasteiger partial charge in [-0.3, -0.25) is 4.79 Å². The van der Waals surface area contributed by atoms with Crippen LogP contribution in [-0.2, 0) is 10.2 Å². The first-order valence-corrected chi connectivity index (χ1v) is 5.96. The Hall–Kier alpha value is -0.900. The number of halogens is 2. The molecule has 2 nitrogen and oxygen atoms in total. The second-order valence-electron chi connectivity index (χ2n) is 4.31. The normalized spacial score (nSPS) is 17.9. The molecular formula is C12H12BrFO2. The van der Waals surface area contributed by atoms with E-state index >= 15 is 0 Å². The molecule has 0 aromatic heterocycles. The molecule has 0 spiro atoms. The van der Waals surface area contributed by atoms with Crippen LogP contribution in [0.5, 0.6) is 0 Å². The first kappa shape index (κ1) is 11.6. The van der Waals surface area contributed by atoms with E-state index in [1.165, 1.54) is 6.07 Å². The highest BCUT2D eigenvalue weighted by molar-refractivity contribution is 9.10. The molecule has 0 heterocycles. The van der Waals surface area contributed by atoms with Gasteiger partial charge in [0.15, 0.2) is 0 Å². The number of hydrogen-bond acceptors (Lipinski definition) is 1. The van der Waals surface area contributed by atoms with Crippen molar-refractivity contribution in [3.05, 3.63) is 33.5 Å². The maximum absolute atomic E-state index is 13.6. The van der Waals surface area contributed by atoms with Crippen molar-refractivity contribution in [2.24, 2.45) is 0 Å². The summed E-state index contributed by atoms with van der Waals surface area (Å²) in [6, 6.07) is 3.08. The zero-order valence-electron chi connectivity index (χ0n) is 8.89. The van der Waals surface area contributed by atoms with Crippen molar-refractivity contribution < 1.29 is 14.3 Å². The van der Waals surface area contributed by atoms with Crippen LogP contribution in [0.2, 0.25) is 0 Å². The molecule has 1 aliphatic carbocycles. The zero-order valence-corrected chi connectivity index (χ0v) is 10.5. The Morgan fingerprint density at radius 2 is 2.12 bits per heavy atom. The van der Waals surface area contributed by atoms with Gasteiger partial charge in [-0.1, -0.05) is 22.4 Å². The summed E-state index contributed by atoms with van der Waals surface area (Å²) in [7, 11) is 0. The van der Waals surface area contributed by atoms with E-state index in [1.54, 1.807) is 13.0 Å². The van der Waals surface area contributed by atoms with Crippen molar-refractivity contribution in [2.75, 3.05) is 0 Å².